The molecule has 0 radical (unpaired) electrons. The molecule has 0 bridgehead atoms. The highest BCUT2D eigenvalue weighted by molar-refractivity contribution is 5.92. The molecule has 0 saturated heterocycles. The highest BCUT2D eigenvalue weighted by Crippen LogP contribution is 2.27. The van der Waals surface area contributed by atoms with Crippen molar-refractivity contribution in [2.24, 2.45) is 5.92 Å². The SMILES string of the molecule is O=C(CCC1CCCCC1)NNC(=O)c1ccc(COc2ccccc2)o1. The molecule has 1 aliphatic carbocycles. The molecule has 1 aliphatic rings. The predicted molar refractivity (Wildman–Crippen MR) is 101 cm³/mol. The van der Waals surface area contributed by atoms with Gasteiger partial charge in [0.25, 0.3) is 0 Å². The molecule has 0 unspecified atom stereocenters. The number of carbonyl (C=O) groups excluding carboxylic acids is 2. The van der Waals surface area contributed by atoms with Gasteiger partial charge in [-0.25, -0.2) is 0 Å². The lowest BCUT2D eigenvalue weighted by atomic mass is 9.86. The fourth-order valence-electron chi connectivity index (χ4n) is 3.31. The summed E-state index contributed by atoms with van der Waals surface area (Å²) in [4.78, 5) is 24.0. The Bertz CT molecular complexity index is 736. The number of hydrazine groups is 1. The number of ether oxygens (including phenoxy) is 1. The van der Waals surface area contributed by atoms with Gasteiger partial charge in [-0.2, -0.15) is 0 Å². The average Bonchev–Trinajstić information content (AvgIpc) is 3.20. The van der Waals surface area contributed by atoms with Crippen LogP contribution >= 0.6 is 0 Å². The third-order valence-electron chi connectivity index (χ3n) is 4.83. The molecule has 2 aromatic rings. The van der Waals surface area contributed by atoms with Crippen molar-refractivity contribution in [1.82, 2.24) is 10.9 Å². The second-order valence-corrected chi connectivity index (χ2v) is 6.91. The normalized spacial score (nSPS) is 14.5. The van der Waals surface area contributed by atoms with Crippen LogP contribution in [0.5, 0.6) is 5.75 Å². The minimum Gasteiger partial charge on any atom is -0.486 e. The van der Waals surface area contributed by atoms with Crippen molar-refractivity contribution < 1.29 is 18.7 Å². The Morgan fingerprint density at radius 3 is 2.56 bits per heavy atom. The maximum Gasteiger partial charge on any atom is 0.305 e. The first kappa shape index (κ1) is 19.0. The van der Waals surface area contributed by atoms with Gasteiger partial charge in [0.2, 0.25) is 5.91 Å². The Morgan fingerprint density at radius 2 is 1.78 bits per heavy atom. The highest BCUT2D eigenvalue weighted by Gasteiger charge is 2.16. The summed E-state index contributed by atoms with van der Waals surface area (Å²) >= 11 is 0. The van der Waals surface area contributed by atoms with Gasteiger partial charge in [0.1, 0.15) is 18.1 Å². The second kappa shape index (κ2) is 9.80. The number of benzene rings is 1. The van der Waals surface area contributed by atoms with Gasteiger partial charge in [-0.3, -0.25) is 20.4 Å². The van der Waals surface area contributed by atoms with E-state index in [4.69, 9.17) is 9.15 Å². The zero-order valence-corrected chi connectivity index (χ0v) is 15.4. The molecule has 0 atom stereocenters. The van der Waals surface area contributed by atoms with E-state index in [0.717, 1.165) is 12.2 Å². The van der Waals surface area contributed by atoms with E-state index in [1.807, 2.05) is 30.3 Å². The molecule has 1 fully saturated rings. The average molecular weight is 370 g/mol. The number of hydrogen-bond acceptors (Lipinski definition) is 4. The van der Waals surface area contributed by atoms with Gasteiger partial charge >= 0.3 is 5.91 Å². The molecule has 1 aromatic heterocycles. The molecule has 0 aliphatic heterocycles. The van der Waals surface area contributed by atoms with Crippen molar-refractivity contribution in [3.05, 3.63) is 54.0 Å². The first-order chi connectivity index (χ1) is 13.2. The fraction of sp³-hybridized carbons (Fsp3) is 0.429. The Balaban J connectivity index is 1.37. The van der Waals surface area contributed by atoms with Gasteiger partial charge in [-0.1, -0.05) is 50.3 Å². The van der Waals surface area contributed by atoms with E-state index in [1.165, 1.54) is 32.1 Å². The largest absolute Gasteiger partial charge is 0.486 e. The van der Waals surface area contributed by atoms with Crippen LogP contribution in [0.1, 0.15) is 61.3 Å². The quantitative estimate of drug-likeness (QED) is 0.723. The van der Waals surface area contributed by atoms with Gasteiger partial charge < -0.3 is 9.15 Å². The molecule has 1 saturated carbocycles. The van der Waals surface area contributed by atoms with Crippen LogP contribution in [-0.4, -0.2) is 11.8 Å². The van der Waals surface area contributed by atoms with Crippen LogP contribution in [0, 0.1) is 5.92 Å². The van der Waals surface area contributed by atoms with Crippen LogP contribution in [0.4, 0.5) is 0 Å². The molecule has 3 rings (SSSR count). The van der Waals surface area contributed by atoms with Crippen molar-refractivity contribution in [3.63, 3.8) is 0 Å². The third kappa shape index (κ3) is 6.16. The van der Waals surface area contributed by atoms with Gasteiger partial charge in [-0.15, -0.1) is 0 Å². The zero-order chi connectivity index (χ0) is 18.9. The summed E-state index contributed by atoms with van der Waals surface area (Å²) in [5, 5.41) is 0. The Labute approximate surface area is 159 Å². The molecule has 6 heteroatoms. The molecule has 6 nitrogen and oxygen atoms in total. The molecular weight excluding hydrogens is 344 g/mol. The zero-order valence-electron chi connectivity index (χ0n) is 15.4. The molecule has 144 valence electrons. The predicted octanol–water partition coefficient (Wildman–Crippen LogP) is 3.98. The lowest BCUT2D eigenvalue weighted by molar-refractivity contribution is -0.122. The lowest BCUT2D eigenvalue weighted by Crippen LogP contribution is -2.41. The smallest absolute Gasteiger partial charge is 0.305 e. The summed E-state index contributed by atoms with van der Waals surface area (Å²) < 4.78 is 11.0. The maximum absolute atomic E-state index is 12.1. The van der Waals surface area contributed by atoms with E-state index in [2.05, 4.69) is 10.9 Å². The third-order valence-corrected chi connectivity index (χ3v) is 4.83. The number of carbonyl (C=O) groups is 2. The Morgan fingerprint density at radius 1 is 1.00 bits per heavy atom. The summed E-state index contributed by atoms with van der Waals surface area (Å²) in [6, 6.07) is 12.6. The fourth-order valence-corrected chi connectivity index (χ4v) is 3.31. The highest BCUT2D eigenvalue weighted by atomic mass is 16.5. The van der Waals surface area contributed by atoms with E-state index in [0.29, 0.717) is 18.1 Å². The van der Waals surface area contributed by atoms with Crippen LogP contribution in [-0.2, 0) is 11.4 Å². The number of furan rings is 1. The number of nitrogens with one attached hydrogen (secondary N) is 2. The van der Waals surface area contributed by atoms with Crippen molar-refractivity contribution in [2.45, 2.75) is 51.6 Å². The van der Waals surface area contributed by atoms with E-state index in [-0.39, 0.29) is 18.3 Å². The van der Waals surface area contributed by atoms with Crippen LogP contribution in [0.3, 0.4) is 0 Å². The van der Waals surface area contributed by atoms with Gasteiger partial charge in [-0.05, 0) is 36.6 Å². The number of rotatable bonds is 7. The van der Waals surface area contributed by atoms with E-state index in [1.54, 1.807) is 12.1 Å². The van der Waals surface area contributed by atoms with E-state index >= 15 is 0 Å². The summed E-state index contributed by atoms with van der Waals surface area (Å²) in [6.07, 6.45) is 7.55. The molecular formula is C21H26N2O4. The van der Waals surface area contributed by atoms with Crippen molar-refractivity contribution >= 4 is 11.8 Å². The lowest BCUT2D eigenvalue weighted by Gasteiger charge is -2.20. The van der Waals surface area contributed by atoms with Gasteiger partial charge in [0.05, 0.1) is 0 Å². The minimum absolute atomic E-state index is 0.134. The molecule has 27 heavy (non-hydrogen) atoms. The van der Waals surface area contributed by atoms with Crippen LogP contribution in [0.25, 0.3) is 0 Å². The first-order valence-corrected chi connectivity index (χ1v) is 9.56. The van der Waals surface area contributed by atoms with E-state index < -0.39 is 5.91 Å². The van der Waals surface area contributed by atoms with Crippen molar-refractivity contribution in [2.75, 3.05) is 0 Å². The summed E-state index contributed by atoms with van der Waals surface area (Å²) in [7, 11) is 0. The molecule has 1 heterocycles. The Kier molecular flexibility index (Phi) is 6.90. The molecule has 2 amide bonds. The van der Waals surface area contributed by atoms with Crippen molar-refractivity contribution in [3.8, 4) is 5.75 Å². The molecule has 1 aromatic carbocycles. The summed E-state index contributed by atoms with van der Waals surface area (Å²) in [6.45, 7) is 0.227. The topological polar surface area (TPSA) is 80.6 Å². The summed E-state index contributed by atoms with van der Waals surface area (Å²) in [5.41, 5.74) is 4.86. The van der Waals surface area contributed by atoms with Crippen LogP contribution < -0.4 is 15.6 Å². The van der Waals surface area contributed by atoms with Gasteiger partial charge in [0, 0.05) is 6.42 Å². The second-order valence-electron chi connectivity index (χ2n) is 6.91. The standard InChI is InChI=1S/C21H26N2O4/c24-20(14-11-16-7-3-1-4-8-16)22-23-21(25)19-13-12-18(27-19)15-26-17-9-5-2-6-10-17/h2,5-6,9-10,12-13,16H,1,3-4,7-8,11,14-15H2,(H,22,24)(H,23,25). The van der Waals surface area contributed by atoms with Crippen LogP contribution in [0.15, 0.2) is 46.9 Å². The maximum atomic E-state index is 12.1. The van der Waals surface area contributed by atoms with Gasteiger partial charge in [0.15, 0.2) is 5.76 Å². The number of hydrogen-bond donors (Lipinski definition) is 2. The molecule has 0 spiro atoms. The van der Waals surface area contributed by atoms with Crippen LogP contribution in [0.2, 0.25) is 0 Å². The van der Waals surface area contributed by atoms with Crippen molar-refractivity contribution in [1.29, 1.82) is 0 Å². The van der Waals surface area contributed by atoms with E-state index in [9.17, 15) is 9.59 Å². The number of para-hydroxylation sites is 1. The minimum atomic E-state index is -0.480. The number of amides is 2. The summed E-state index contributed by atoms with van der Waals surface area (Å²) in [5.74, 6) is 1.38. The monoisotopic (exact) mass is 370 g/mol. The molecule has 2 N–H and O–H groups in total. The Hall–Kier alpha value is -2.76. The first-order valence-electron chi connectivity index (χ1n) is 9.56.